The van der Waals surface area contributed by atoms with E-state index in [4.69, 9.17) is 11.6 Å². The van der Waals surface area contributed by atoms with Gasteiger partial charge in [0, 0.05) is 13.1 Å². The van der Waals surface area contributed by atoms with Crippen molar-refractivity contribution in [2.24, 2.45) is 0 Å². The number of likely N-dealkylation sites (tertiary alicyclic amines) is 1. The molecular formula is C11H9ClF6N2O4S2. The molecule has 1 aliphatic heterocycles. The Hall–Kier alpha value is -1.41. The molecule has 6 nitrogen and oxygen atoms in total. The zero-order valence-electron chi connectivity index (χ0n) is 12.3. The molecule has 1 saturated heterocycles. The van der Waals surface area contributed by atoms with Crippen molar-refractivity contribution in [3.63, 3.8) is 0 Å². The first-order valence-electron chi connectivity index (χ1n) is 6.58. The van der Waals surface area contributed by atoms with Crippen LogP contribution in [0.1, 0.15) is 0 Å². The first kappa shape index (κ1) is 20.9. The molecule has 2 rings (SSSR count). The molecule has 1 aromatic heterocycles. The molecular weight excluding hydrogens is 438 g/mol. The normalized spacial score (nSPS) is 16.1. The summed E-state index contributed by atoms with van der Waals surface area (Å²) in [6.07, 6.45) is -17.7. The average molecular weight is 447 g/mol. The van der Waals surface area contributed by atoms with E-state index in [9.17, 15) is 39.6 Å². The van der Waals surface area contributed by atoms with Crippen molar-refractivity contribution < 1.29 is 44.3 Å². The van der Waals surface area contributed by atoms with Gasteiger partial charge in [0.2, 0.25) is 10.9 Å². The molecule has 1 fully saturated rings. The largest absolute Gasteiger partial charge is 0.434 e. The zero-order valence-corrected chi connectivity index (χ0v) is 14.7. The SMILES string of the molecule is O=C(OC(C(F)(F)F)C(F)(F)F)N1CC(N(c2ccc(Cl)s2)[SH](=O)=O)C1. The van der Waals surface area contributed by atoms with E-state index in [-0.39, 0.29) is 9.34 Å². The van der Waals surface area contributed by atoms with Crippen LogP contribution in [0.15, 0.2) is 12.1 Å². The van der Waals surface area contributed by atoms with E-state index < -0.39 is 54.6 Å². The number of carbonyl (C=O) groups is 1. The summed E-state index contributed by atoms with van der Waals surface area (Å²) >= 11 is 6.60. The van der Waals surface area contributed by atoms with Gasteiger partial charge in [-0.15, -0.1) is 11.3 Å². The number of ether oxygens (including phenoxy) is 1. The van der Waals surface area contributed by atoms with E-state index in [2.05, 4.69) is 4.74 Å². The highest BCUT2D eigenvalue weighted by Crippen LogP contribution is 2.37. The highest BCUT2D eigenvalue weighted by atomic mass is 35.5. The molecule has 1 amide bonds. The van der Waals surface area contributed by atoms with Gasteiger partial charge in [-0.2, -0.15) is 26.3 Å². The molecule has 0 saturated carbocycles. The van der Waals surface area contributed by atoms with Gasteiger partial charge < -0.3 is 9.64 Å². The molecule has 0 unspecified atom stereocenters. The minimum absolute atomic E-state index is 0.201. The Bertz CT molecular complexity index is 722. The van der Waals surface area contributed by atoms with Crippen molar-refractivity contribution in [3.8, 4) is 0 Å². The molecule has 148 valence electrons. The molecule has 26 heavy (non-hydrogen) atoms. The highest BCUT2D eigenvalue weighted by Gasteiger charge is 2.60. The number of hydrogen-bond acceptors (Lipinski definition) is 5. The van der Waals surface area contributed by atoms with Gasteiger partial charge in [-0.1, -0.05) is 11.6 Å². The minimum atomic E-state index is -5.82. The Morgan fingerprint density at radius 3 is 2.15 bits per heavy atom. The lowest BCUT2D eigenvalue weighted by Gasteiger charge is -2.42. The maximum atomic E-state index is 12.4. The Morgan fingerprint density at radius 2 is 1.77 bits per heavy atom. The lowest BCUT2D eigenvalue weighted by Crippen LogP contribution is -2.62. The molecule has 0 bridgehead atoms. The zero-order chi connectivity index (χ0) is 19.9. The molecule has 0 radical (unpaired) electrons. The van der Waals surface area contributed by atoms with Crippen molar-refractivity contribution in [3.05, 3.63) is 16.5 Å². The summed E-state index contributed by atoms with van der Waals surface area (Å²) in [6.45, 7) is -0.861. The molecule has 1 aromatic rings. The van der Waals surface area contributed by atoms with Gasteiger partial charge in [-0.3, -0.25) is 4.31 Å². The maximum Gasteiger partial charge on any atom is 0.434 e. The fraction of sp³-hybridized carbons (Fsp3) is 0.545. The summed E-state index contributed by atoms with van der Waals surface area (Å²) in [5, 5.41) is 0.201. The highest BCUT2D eigenvalue weighted by molar-refractivity contribution is 7.74. The number of alkyl halides is 6. The molecule has 0 aliphatic carbocycles. The van der Waals surface area contributed by atoms with E-state index in [0.29, 0.717) is 4.90 Å². The number of anilines is 1. The Balaban J connectivity index is 2.03. The number of thiol groups is 1. The lowest BCUT2D eigenvalue weighted by atomic mass is 10.1. The van der Waals surface area contributed by atoms with Gasteiger partial charge in [0.05, 0.1) is 10.4 Å². The van der Waals surface area contributed by atoms with Gasteiger partial charge in [-0.25, -0.2) is 13.2 Å². The molecule has 0 aromatic carbocycles. The smallest absolute Gasteiger partial charge is 0.426 e. The maximum absolute atomic E-state index is 12.4. The minimum Gasteiger partial charge on any atom is -0.426 e. The van der Waals surface area contributed by atoms with Crippen LogP contribution in [-0.4, -0.2) is 57.0 Å². The lowest BCUT2D eigenvalue weighted by molar-refractivity contribution is -0.308. The number of rotatable bonds is 4. The molecule has 1 aliphatic rings. The number of thiophene rings is 1. The fourth-order valence-electron chi connectivity index (χ4n) is 2.08. The summed E-state index contributed by atoms with van der Waals surface area (Å²) in [6, 6.07) is 1.94. The number of hydrogen-bond donors (Lipinski definition) is 1. The third-order valence-corrected chi connectivity index (χ3v) is 5.50. The van der Waals surface area contributed by atoms with E-state index in [1.807, 2.05) is 0 Å². The summed E-state index contributed by atoms with van der Waals surface area (Å²) in [4.78, 5) is 12.1. The molecule has 0 atom stereocenters. The van der Waals surface area contributed by atoms with Crippen LogP contribution >= 0.6 is 22.9 Å². The van der Waals surface area contributed by atoms with Crippen molar-refractivity contribution in [1.29, 1.82) is 0 Å². The van der Waals surface area contributed by atoms with E-state index in [1.165, 1.54) is 12.1 Å². The Labute approximate surface area is 153 Å². The summed E-state index contributed by atoms with van der Waals surface area (Å²) < 4.78 is 102. The monoisotopic (exact) mass is 446 g/mol. The number of nitrogens with zero attached hydrogens (tertiary/aromatic N) is 2. The van der Waals surface area contributed by atoms with Crippen molar-refractivity contribution in [2.45, 2.75) is 24.5 Å². The van der Waals surface area contributed by atoms with Crippen LogP contribution in [-0.2, 0) is 15.6 Å². The van der Waals surface area contributed by atoms with Crippen molar-refractivity contribution in [2.75, 3.05) is 17.4 Å². The second-order valence-corrected chi connectivity index (χ2v) is 7.67. The summed E-state index contributed by atoms with van der Waals surface area (Å²) in [7, 11) is -3.17. The standard InChI is InChI=1S/C11H9ClF6N2O4S2/c12-6-1-2-7(25-6)20(26(22)23)5-3-19(4-5)9(21)24-8(10(13,14)15)11(16,17)18/h1-2,5,8,26H,3-4H2. The van der Waals surface area contributed by atoms with E-state index in [1.54, 1.807) is 0 Å². The second kappa shape index (κ2) is 7.31. The van der Waals surface area contributed by atoms with Crippen LogP contribution in [0.2, 0.25) is 4.34 Å². The third-order valence-electron chi connectivity index (χ3n) is 3.24. The number of carbonyl (C=O) groups excluding carboxylic acids is 1. The van der Waals surface area contributed by atoms with Crippen LogP contribution in [0.25, 0.3) is 0 Å². The predicted octanol–water partition coefficient (Wildman–Crippen LogP) is 3.05. The number of halogens is 7. The van der Waals surface area contributed by atoms with E-state index in [0.717, 1.165) is 15.6 Å². The molecule has 15 heteroatoms. The molecule has 2 heterocycles. The molecule has 0 N–H and O–H groups in total. The van der Waals surface area contributed by atoms with Gasteiger partial charge in [0.1, 0.15) is 5.00 Å². The topological polar surface area (TPSA) is 66.9 Å². The number of amides is 1. The second-order valence-electron chi connectivity index (χ2n) is 5.07. The van der Waals surface area contributed by atoms with E-state index >= 15 is 0 Å². The quantitative estimate of drug-likeness (QED) is 0.570. The Kier molecular flexibility index (Phi) is 5.87. The van der Waals surface area contributed by atoms with Gasteiger partial charge in [-0.05, 0) is 12.1 Å². The van der Waals surface area contributed by atoms with Gasteiger partial charge in [0.15, 0.2) is 0 Å². The van der Waals surface area contributed by atoms with Crippen LogP contribution < -0.4 is 4.31 Å². The van der Waals surface area contributed by atoms with Crippen molar-refractivity contribution in [1.82, 2.24) is 4.90 Å². The van der Waals surface area contributed by atoms with Gasteiger partial charge in [0.25, 0.3) is 6.10 Å². The van der Waals surface area contributed by atoms with Crippen LogP contribution in [0, 0.1) is 0 Å². The summed E-state index contributed by atoms with van der Waals surface area (Å²) in [5.41, 5.74) is 0. The molecule has 0 spiro atoms. The fourth-order valence-corrected chi connectivity index (χ4v) is 4.05. The van der Waals surface area contributed by atoms with Crippen LogP contribution in [0.5, 0.6) is 0 Å². The summed E-state index contributed by atoms with van der Waals surface area (Å²) in [5.74, 6) is 0. The first-order valence-corrected chi connectivity index (χ1v) is 8.91. The van der Waals surface area contributed by atoms with Crippen molar-refractivity contribution >= 4 is 44.9 Å². The van der Waals surface area contributed by atoms with Crippen LogP contribution in [0.3, 0.4) is 0 Å². The van der Waals surface area contributed by atoms with Crippen LogP contribution in [0.4, 0.5) is 36.1 Å². The van der Waals surface area contributed by atoms with Gasteiger partial charge >= 0.3 is 18.4 Å². The first-order chi connectivity index (χ1) is 11.8. The average Bonchev–Trinajstić information content (AvgIpc) is 2.82. The Morgan fingerprint density at radius 1 is 1.23 bits per heavy atom. The third kappa shape index (κ3) is 4.65. The predicted molar refractivity (Wildman–Crippen MR) is 79.9 cm³/mol.